The molecule has 1 saturated heterocycles. The van der Waals surface area contributed by atoms with Crippen LogP contribution in [-0.2, 0) is 7.05 Å². The summed E-state index contributed by atoms with van der Waals surface area (Å²) in [5.41, 5.74) is 4.70. The molecule has 0 saturated carbocycles. The summed E-state index contributed by atoms with van der Waals surface area (Å²) in [4.78, 5) is 10.2. The van der Waals surface area contributed by atoms with E-state index >= 15 is 0 Å². The van der Waals surface area contributed by atoms with E-state index in [-0.39, 0.29) is 0 Å². The first-order valence-electron chi connectivity index (χ1n) is 7.70. The second-order valence-corrected chi connectivity index (χ2v) is 6.32. The number of aryl methyl sites for hydroxylation is 1. The molecule has 1 N–H and O–H groups in total. The molecule has 4 rings (SSSR count). The Bertz CT molecular complexity index is 800. The Morgan fingerprint density at radius 1 is 1.43 bits per heavy atom. The van der Waals surface area contributed by atoms with E-state index in [0.29, 0.717) is 5.92 Å². The van der Waals surface area contributed by atoms with Crippen LogP contribution in [0.15, 0.2) is 24.7 Å². The van der Waals surface area contributed by atoms with Gasteiger partial charge in [0.25, 0.3) is 0 Å². The molecule has 3 aromatic rings. The van der Waals surface area contributed by atoms with Gasteiger partial charge >= 0.3 is 5.65 Å². The Labute approximate surface area is 124 Å². The smallest absolute Gasteiger partial charge is 0.305 e. The zero-order chi connectivity index (χ0) is 14.6. The number of aromatic nitrogens is 4. The van der Waals surface area contributed by atoms with Crippen molar-refractivity contribution in [2.24, 2.45) is 13.0 Å². The van der Waals surface area contributed by atoms with E-state index < -0.39 is 0 Å². The Morgan fingerprint density at radius 2 is 2.29 bits per heavy atom. The van der Waals surface area contributed by atoms with Crippen LogP contribution in [-0.4, -0.2) is 39.4 Å². The standard InChI is InChI=1S/C16H21N5/c1-4-11-8-19(2)9-12(11)14-10-20(3)15-7-18-16-13(21(14)15)5-6-17-16/h5-7,10-12H,4,8-9H2,1-3H3/p+1/t11-,12+/m1/s1. The molecular formula is C16H22N5+. The molecule has 5 nitrogen and oxygen atoms in total. The van der Waals surface area contributed by atoms with E-state index in [1.165, 1.54) is 24.2 Å². The van der Waals surface area contributed by atoms with E-state index in [1.54, 1.807) is 0 Å². The number of rotatable bonds is 2. The van der Waals surface area contributed by atoms with Crippen LogP contribution < -0.4 is 4.57 Å². The number of likely N-dealkylation sites (N-methyl/N-ethyl adjacent to an activating group) is 1. The summed E-state index contributed by atoms with van der Waals surface area (Å²) in [5.74, 6) is 1.32. The predicted octanol–water partition coefficient (Wildman–Crippen LogP) is 1.70. The van der Waals surface area contributed by atoms with Gasteiger partial charge < -0.3 is 9.88 Å². The van der Waals surface area contributed by atoms with Crippen molar-refractivity contribution in [1.29, 1.82) is 0 Å². The Hall–Kier alpha value is -1.88. The maximum atomic E-state index is 4.52. The minimum atomic E-state index is 0.592. The van der Waals surface area contributed by atoms with E-state index in [4.69, 9.17) is 0 Å². The lowest BCUT2D eigenvalue weighted by Crippen LogP contribution is -2.25. The van der Waals surface area contributed by atoms with Gasteiger partial charge in [0.2, 0.25) is 0 Å². The van der Waals surface area contributed by atoms with Crippen molar-refractivity contribution in [3.8, 4) is 0 Å². The Morgan fingerprint density at radius 3 is 3.10 bits per heavy atom. The number of hydrogen-bond acceptors (Lipinski definition) is 2. The van der Waals surface area contributed by atoms with Crippen molar-refractivity contribution in [1.82, 2.24) is 19.3 Å². The summed E-state index contributed by atoms with van der Waals surface area (Å²) < 4.78 is 4.57. The molecule has 0 aromatic carbocycles. The van der Waals surface area contributed by atoms with Gasteiger partial charge in [0.1, 0.15) is 12.4 Å². The molecule has 1 fully saturated rings. The van der Waals surface area contributed by atoms with Gasteiger partial charge in [-0.2, -0.15) is 4.40 Å². The third-order valence-corrected chi connectivity index (χ3v) is 4.96. The van der Waals surface area contributed by atoms with Crippen LogP contribution in [0, 0.1) is 5.92 Å². The molecule has 0 aliphatic carbocycles. The molecular weight excluding hydrogens is 262 g/mol. The van der Waals surface area contributed by atoms with Gasteiger partial charge in [0, 0.05) is 31.3 Å². The molecule has 4 heterocycles. The number of likely N-dealkylation sites (tertiary alicyclic amines) is 1. The zero-order valence-electron chi connectivity index (χ0n) is 12.9. The normalized spacial score (nSPS) is 23.6. The predicted molar refractivity (Wildman–Crippen MR) is 82.2 cm³/mol. The van der Waals surface area contributed by atoms with Crippen molar-refractivity contribution < 1.29 is 4.57 Å². The highest BCUT2D eigenvalue weighted by molar-refractivity contribution is 5.74. The van der Waals surface area contributed by atoms with Crippen molar-refractivity contribution in [3.63, 3.8) is 0 Å². The quantitative estimate of drug-likeness (QED) is 0.728. The molecule has 1 aliphatic heterocycles. The van der Waals surface area contributed by atoms with Gasteiger partial charge in [-0.05, 0) is 13.0 Å². The first-order valence-corrected chi connectivity index (χ1v) is 7.70. The first kappa shape index (κ1) is 12.8. The number of imidazole rings is 1. The molecule has 5 heteroatoms. The van der Waals surface area contributed by atoms with Gasteiger partial charge in [-0.1, -0.05) is 13.3 Å². The highest BCUT2D eigenvalue weighted by Gasteiger charge is 2.36. The van der Waals surface area contributed by atoms with Crippen LogP contribution in [0.1, 0.15) is 25.0 Å². The maximum absolute atomic E-state index is 4.52. The Kier molecular flexibility index (Phi) is 2.79. The summed E-state index contributed by atoms with van der Waals surface area (Å²) in [7, 11) is 4.34. The fraction of sp³-hybridized carbons (Fsp3) is 0.500. The zero-order valence-corrected chi connectivity index (χ0v) is 12.9. The molecule has 110 valence electrons. The molecule has 1 aliphatic rings. The van der Waals surface area contributed by atoms with Crippen LogP contribution in [0.3, 0.4) is 0 Å². The van der Waals surface area contributed by atoms with E-state index in [9.17, 15) is 0 Å². The average molecular weight is 284 g/mol. The second-order valence-electron chi connectivity index (χ2n) is 6.32. The number of aromatic amines is 1. The lowest BCUT2D eigenvalue weighted by atomic mass is 9.91. The topological polar surface area (TPSA) is 40.2 Å². The molecule has 3 aromatic heterocycles. The lowest BCUT2D eigenvalue weighted by molar-refractivity contribution is -0.644. The third-order valence-electron chi connectivity index (χ3n) is 4.96. The van der Waals surface area contributed by atoms with Crippen LogP contribution in [0.2, 0.25) is 0 Å². The molecule has 0 spiro atoms. The minimum absolute atomic E-state index is 0.592. The van der Waals surface area contributed by atoms with Crippen molar-refractivity contribution in [2.45, 2.75) is 19.3 Å². The molecule has 2 atom stereocenters. The van der Waals surface area contributed by atoms with Crippen molar-refractivity contribution in [3.05, 3.63) is 30.4 Å². The average Bonchev–Trinajstić information content (AvgIpc) is 3.15. The molecule has 0 bridgehead atoms. The highest BCUT2D eigenvalue weighted by atomic mass is 15.2. The minimum Gasteiger partial charge on any atom is -0.343 e. The number of H-pyrrole nitrogens is 1. The van der Waals surface area contributed by atoms with E-state index in [1.807, 2.05) is 12.4 Å². The summed E-state index contributed by atoms with van der Waals surface area (Å²) in [6.07, 6.45) is 7.45. The van der Waals surface area contributed by atoms with E-state index in [2.05, 4.69) is 57.1 Å². The maximum Gasteiger partial charge on any atom is 0.305 e. The summed E-state index contributed by atoms with van der Waals surface area (Å²) in [6.45, 7) is 4.64. The number of nitrogens with one attached hydrogen (secondary N) is 1. The van der Waals surface area contributed by atoms with Gasteiger partial charge in [-0.3, -0.25) is 0 Å². The van der Waals surface area contributed by atoms with Crippen LogP contribution in [0.5, 0.6) is 0 Å². The molecule has 21 heavy (non-hydrogen) atoms. The van der Waals surface area contributed by atoms with E-state index in [0.717, 1.165) is 23.8 Å². The van der Waals surface area contributed by atoms with Crippen LogP contribution >= 0.6 is 0 Å². The fourth-order valence-electron chi connectivity index (χ4n) is 3.88. The summed E-state index contributed by atoms with van der Waals surface area (Å²) >= 11 is 0. The molecule has 0 amide bonds. The first-order chi connectivity index (χ1) is 10.2. The third kappa shape index (κ3) is 1.80. The molecule has 0 unspecified atom stereocenters. The number of fused-ring (bicyclic) bond motifs is 3. The summed E-state index contributed by atoms with van der Waals surface area (Å²) in [5, 5.41) is 0. The monoisotopic (exact) mass is 284 g/mol. The molecule has 0 radical (unpaired) electrons. The SMILES string of the molecule is CC[C@@H]1CN(C)C[C@@H]1c1c[n+](C)c2cnc3[nH]ccc3n12. The van der Waals surface area contributed by atoms with Gasteiger partial charge in [-0.25, -0.2) is 9.55 Å². The largest absolute Gasteiger partial charge is 0.343 e. The highest BCUT2D eigenvalue weighted by Crippen LogP contribution is 2.34. The van der Waals surface area contributed by atoms with Gasteiger partial charge in [-0.15, -0.1) is 0 Å². The number of hydrogen-bond donors (Lipinski definition) is 1. The van der Waals surface area contributed by atoms with Gasteiger partial charge in [0.15, 0.2) is 16.9 Å². The lowest BCUT2D eigenvalue weighted by Gasteiger charge is -2.13. The fourth-order valence-corrected chi connectivity index (χ4v) is 3.88. The van der Waals surface area contributed by atoms with Crippen molar-refractivity contribution >= 4 is 16.8 Å². The van der Waals surface area contributed by atoms with Crippen LogP contribution in [0.25, 0.3) is 16.8 Å². The van der Waals surface area contributed by atoms with Crippen molar-refractivity contribution in [2.75, 3.05) is 20.1 Å². The van der Waals surface area contributed by atoms with Gasteiger partial charge in [0.05, 0.1) is 7.05 Å². The Balaban J connectivity index is 1.98. The van der Waals surface area contributed by atoms with Crippen LogP contribution in [0.4, 0.5) is 0 Å². The number of nitrogens with zero attached hydrogens (tertiary/aromatic N) is 4. The second kappa shape index (κ2) is 4.56. The summed E-state index contributed by atoms with van der Waals surface area (Å²) in [6, 6.07) is 2.12.